The van der Waals surface area contributed by atoms with Crippen molar-refractivity contribution in [3.8, 4) is 0 Å². The van der Waals surface area contributed by atoms with E-state index in [1.54, 1.807) is 6.07 Å². The summed E-state index contributed by atoms with van der Waals surface area (Å²) >= 11 is 6.20. The fourth-order valence-electron chi connectivity index (χ4n) is 14.7. The SMILES string of the molecule is CC[C@H](C)[C@H]1CN(C)CCN2CCCC2=CN(C)C(CC2CCCCC2)=CN(C)C=CN[C@@H](CCc2ccc(C(F)(F)F)c(Cl)c2)CCNCCNCC2(CCCC2)NC(C)[C@H](C(C)C)N2C[C@H](C)CC2CN(C)[C@@H](CC(C)C)CN1. The lowest BCUT2D eigenvalue weighted by atomic mass is 9.86. The molecule has 5 N–H and O–H groups in total. The second-order valence-corrected chi connectivity index (χ2v) is 27.7. The third kappa shape index (κ3) is 21.7. The smallest absolute Gasteiger partial charge is 0.387 e. The molecule has 2 saturated heterocycles. The number of hydrogen-bond acceptors (Lipinski definition) is 11. The number of nitrogens with one attached hydrogen (secondary N) is 5. The van der Waals surface area contributed by atoms with E-state index in [-0.39, 0.29) is 16.6 Å². The minimum atomic E-state index is -4.48. The number of nitrogens with zero attached hydrogens (tertiary/aromatic N) is 6. The van der Waals surface area contributed by atoms with E-state index in [9.17, 15) is 13.2 Å². The van der Waals surface area contributed by atoms with Crippen LogP contribution in [0.5, 0.6) is 0 Å². The van der Waals surface area contributed by atoms with Crippen LogP contribution >= 0.6 is 11.6 Å². The van der Waals surface area contributed by atoms with Gasteiger partial charge in [-0.15, -0.1) is 0 Å². The Labute approximate surface area is 497 Å². The van der Waals surface area contributed by atoms with E-state index in [0.717, 1.165) is 116 Å². The summed E-state index contributed by atoms with van der Waals surface area (Å²) in [6.45, 7) is 30.5. The van der Waals surface area contributed by atoms with E-state index in [1.807, 2.05) is 0 Å². The molecule has 1 aromatic carbocycles. The van der Waals surface area contributed by atoms with E-state index < -0.39 is 11.7 Å². The summed E-state index contributed by atoms with van der Waals surface area (Å²) < 4.78 is 40.9. The molecule has 2 unspecified atom stereocenters. The van der Waals surface area contributed by atoms with Gasteiger partial charge in [-0.3, -0.25) is 4.90 Å². The molecule has 0 amide bonds. The molecule has 5 aliphatic rings. The number of aryl methyl sites for hydroxylation is 1. The van der Waals surface area contributed by atoms with Crippen molar-refractivity contribution >= 4 is 11.6 Å². The van der Waals surface area contributed by atoms with Gasteiger partial charge in [-0.2, -0.15) is 13.2 Å². The molecule has 11 nitrogen and oxygen atoms in total. The standard InChI is InChI=1S/C66H117ClF3N11/c1-13-52(7)63-47-77(10)36-37-80-34-19-22-57(80)45-79(12)59(40-54-20-15-14-16-21-54)44-76(9)35-33-73-56(25-23-55-24-26-61(62(67)41-55)66(68,69)70)27-30-71-31-32-72-48-65(28-17-18-29-65)75-53(8)64(50(4)5)81-43-51(6)39-60(81)46-78(11)58(42-74-63)38-49(2)3/h24,26,33,35,41,44-45,49-54,56,58,60,63-64,71-75H,13-23,25,27-32,34,36-40,42-43,46-48H2,1-12H3/t51-,52+,53?,56+,58+,60?,63-,64+/m1/s1. The van der Waals surface area contributed by atoms with Gasteiger partial charge in [0.25, 0.3) is 0 Å². The highest BCUT2D eigenvalue weighted by Gasteiger charge is 2.43. The minimum absolute atomic E-state index is 0.0835. The highest BCUT2D eigenvalue weighted by molar-refractivity contribution is 6.31. The third-order valence-electron chi connectivity index (χ3n) is 19.4. The molecule has 6 rings (SSSR count). The summed E-state index contributed by atoms with van der Waals surface area (Å²) in [5.74, 6) is 3.08. The Balaban J connectivity index is 1.24. The molecule has 1 aromatic rings. The first-order valence-electron chi connectivity index (χ1n) is 32.6. The van der Waals surface area contributed by atoms with Crippen LogP contribution in [0.2, 0.25) is 5.02 Å². The predicted molar refractivity (Wildman–Crippen MR) is 336 cm³/mol. The van der Waals surface area contributed by atoms with Crippen LogP contribution in [0.3, 0.4) is 0 Å². The molecule has 81 heavy (non-hydrogen) atoms. The lowest BCUT2D eigenvalue weighted by Crippen LogP contribution is -2.62. The molecular formula is C66H117ClF3N11. The van der Waals surface area contributed by atoms with Crippen LogP contribution in [0.4, 0.5) is 13.2 Å². The van der Waals surface area contributed by atoms with Crippen molar-refractivity contribution in [1.82, 2.24) is 56.0 Å². The zero-order chi connectivity index (χ0) is 58.7. The highest BCUT2D eigenvalue weighted by Crippen LogP contribution is 2.37. The number of likely N-dealkylation sites (N-methyl/N-ethyl adjacent to an activating group) is 2. The Morgan fingerprint density at radius 3 is 2.26 bits per heavy atom. The first-order valence-corrected chi connectivity index (χ1v) is 33.0. The molecule has 464 valence electrons. The van der Waals surface area contributed by atoms with Crippen molar-refractivity contribution in [2.75, 3.05) is 100 Å². The van der Waals surface area contributed by atoms with E-state index >= 15 is 0 Å². The molecule has 1 spiro atoms. The molecule has 0 aromatic heterocycles. The summed E-state index contributed by atoms with van der Waals surface area (Å²) in [4.78, 5) is 15.5. The second kappa shape index (κ2) is 33.4. The maximum absolute atomic E-state index is 13.6. The first kappa shape index (κ1) is 67.6. The van der Waals surface area contributed by atoms with Gasteiger partial charge in [0.05, 0.1) is 10.6 Å². The minimum Gasteiger partial charge on any atom is -0.387 e. The van der Waals surface area contributed by atoms with Crippen LogP contribution in [0.1, 0.15) is 176 Å². The summed E-state index contributed by atoms with van der Waals surface area (Å²) in [5, 5.41) is 19.7. The highest BCUT2D eigenvalue weighted by atomic mass is 35.5. The summed E-state index contributed by atoms with van der Waals surface area (Å²) in [6.07, 6.45) is 25.1. The van der Waals surface area contributed by atoms with Crippen LogP contribution in [-0.2, 0) is 12.6 Å². The Bertz CT molecular complexity index is 2050. The summed E-state index contributed by atoms with van der Waals surface area (Å²) in [6, 6.07) is 6.52. The number of benzene rings is 1. The first-order chi connectivity index (χ1) is 38.6. The Morgan fingerprint density at radius 1 is 0.827 bits per heavy atom. The lowest BCUT2D eigenvalue weighted by Gasteiger charge is -2.45. The molecule has 15 heteroatoms. The molecule has 2 aliphatic carbocycles. The quantitative estimate of drug-likeness (QED) is 0.155. The average molecular weight is 1160 g/mol. The van der Waals surface area contributed by atoms with E-state index in [2.05, 4.69) is 164 Å². The average Bonchev–Trinajstić information content (AvgIpc) is 4.17. The monoisotopic (exact) mass is 1160 g/mol. The van der Waals surface area contributed by atoms with Crippen molar-refractivity contribution in [1.29, 1.82) is 0 Å². The van der Waals surface area contributed by atoms with Crippen molar-refractivity contribution in [2.45, 2.75) is 219 Å². The molecule has 3 heterocycles. The fourth-order valence-corrected chi connectivity index (χ4v) is 15.0. The number of hydrogen-bond donors (Lipinski definition) is 5. The Kier molecular flexibility index (Phi) is 27.8. The van der Waals surface area contributed by atoms with Crippen molar-refractivity contribution < 1.29 is 13.2 Å². The second-order valence-electron chi connectivity index (χ2n) is 27.3. The normalized spacial score (nSPS) is 28.9. The molecule has 4 fully saturated rings. The van der Waals surface area contributed by atoms with Crippen molar-refractivity contribution in [3.63, 3.8) is 0 Å². The predicted octanol–water partition coefficient (Wildman–Crippen LogP) is 12.2. The van der Waals surface area contributed by atoms with Crippen LogP contribution in [-0.4, -0.2) is 171 Å². The largest absolute Gasteiger partial charge is 0.417 e. The van der Waals surface area contributed by atoms with Crippen molar-refractivity contribution in [3.05, 3.63) is 70.5 Å². The van der Waals surface area contributed by atoms with E-state index in [0.29, 0.717) is 66.2 Å². The van der Waals surface area contributed by atoms with Gasteiger partial charge < -0.3 is 51.1 Å². The molecule has 0 radical (unpaired) electrons. The van der Waals surface area contributed by atoms with Crippen molar-refractivity contribution in [2.24, 2.45) is 29.6 Å². The Morgan fingerprint density at radius 2 is 1.57 bits per heavy atom. The molecule has 8 atom stereocenters. The fraction of sp³-hybridized carbons (Fsp3) is 0.818. The molecule has 3 aliphatic heterocycles. The van der Waals surface area contributed by atoms with Gasteiger partial charge in [0, 0.05) is 158 Å². The van der Waals surface area contributed by atoms with Crippen LogP contribution < -0.4 is 26.6 Å². The zero-order valence-corrected chi connectivity index (χ0v) is 53.8. The zero-order valence-electron chi connectivity index (χ0n) is 53.1. The number of fused-ring (bicyclic) bond motifs is 2. The van der Waals surface area contributed by atoms with Gasteiger partial charge in [-0.05, 0) is 139 Å². The van der Waals surface area contributed by atoms with Gasteiger partial charge in [-0.25, -0.2) is 0 Å². The van der Waals surface area contributed by atoms with E-state index in [4.69, 9.17) is 11.6 Å². The third-order valence-corrected chi connectivity index (χ3v) is 19.7. The Hall–Kier alpha value is -2.56. The molecular weight excluding hydrogens is 1040 g/mol. The number of allylic oxidation sites excluding steroid dienone is 2. The number of halogens is 4. The van der Waals surface area contributed by atoms with Gasteiger partial charge in [0.2, 0.25) is 0 Å². The summed E-state index contributed by atoms with van der Waals surface area (Å²) in [7, 11) is 9.15. The maximum Gasteiger partial charge on any atom is 0.417 e. The van der Waals surface area contributed by atoms with E-state index in [1.165, 1.54) is 94.5 Å². The van der Waals surface area contributed by atoms with Gasteiger partial charge in [0.15, 0.2) is 0 Å². The lowest BCUT2D eigenvalue weighted by molar-refractivity contribution is -0.137. The van der Waals surface area contributed by atoms with Gasteiger partial charge in [0.1, 0.15) is 0 Å². The van der Waals surface area contributed by atoms with Crippen LogP contribution in [0.15, 0.2) is 54.4 Å². The summed E-state index contributed by atoms with van der Waals surface area (Å²) in [5.41, 5.74) is 2.88. The number of alkyl halides is 3. The molecule has 2 saturated carbocycles. The molecule has 0 bridgehead atoms. The van der Waals surface area contributed by atoms with Crippen LogP contribution in [0, 0.1) is 29.6 Å². The van der Waals surface area contributed by atoms with Crippen LogP contribution in [0.25, 0.3) is 0 Å². The number of rotatable bonds is 10. The topological polar surface area (TPSA) is 79.6 Å². The van der Waals surface area contributed by atoms with Gasteiger partial charge >= 0.3 is 6.18 Å². The maximum atomic E-state index is 13.6. The van der Waals surface area contributed by atoms with Gasteiger partial charge in [-0.1, -0.05) is 118 Å².